The monoisotopic (exact) mass is 436 g/mol. The third-order valence-corrected chi connectivity index (χ3v) is 8.22. The van der Waals surface area contributed by atoms with Gasteiger partial charge in [-0.3, -0.25) is 4.90 Å². The second kappa shape index (κ2) is 9.06. The van der Waals surface area contributed by atoms with E-state index in [0.29, 0.717) is 6.61 Å². The Labute approximate surface area is 181 Å². The number of thiophene rings is 1. The van der Waals surface area contributed by atoms with E-state index in [2.05, 4.69) is 30.6 Å². The highest BCUT2D eigenvalue weighted by Gasteiger charge is 2.34. The maximum Gasteiger partial charge on any atom is 0.190 e. The third-order valence-electron chi connectivity index (χ3n) is 6.07. The second-order valence-corrected chi connectivity index (χ2v) is 10.3. The Morgan fingerprint density at radius 2 is 2.00 bits per heavy atom. The summed E-state index contributed by atoms with van der Waals surface area (Å²) >= 11 is 3.54. The van der Waals surface area contributed by atoms with Crippen molar-refractivity contribution in [1.82, 2.24) is 14.9 Å². The summed E-state index contributed by atoms with van der Waals surface area (Å²) in [6.07, 6.45) is 3.05. The average Bonchev–Trinajstić information content (AvgIpc) is 3.10. The number of β-amino-alcohol motifs (C(OH)–C–C–N with tert-alkyl or cyclic N) is 1. The number of rotatable bonds is 7. The number of aliphatic hydroxyl groups excluding tert-OH is 1. The van der Waals surface area contributed by atoms with Crippen LogP contribution >= 0.6 is 23.1 Å². The number of ether oxygens (including phenoxy) is 1. The molecule has 2 aromatic rings. The molecule has 4 rings (SSSR count). The summed E-state index contributed by atoms with van der Waals surface area (Å²) in [7, 11) is 0. The lowest BCUT2D eigenvalue weighted by molar-refractivity contribution is -0.0543. The number of hydrogen-bond donors (Lipinski definition) is 1. The lowest BCUT2D eigenvalue weighted by atomic mass is 9.90. The van der Waals surface area contributed by atoms with Crippen molar-refractivity contribution in [3.8, 4) is 0 Å². The zero-order valence-corrected chi connectivity index (χ0v) is 19.4. The SMILES string of the molecule is CCCSc1nc(N2CCN(CCO)CC2)c2c3c(sc2n1)CO[C@@](C)(CC)C3. The molecule has 2 aliphatic heterocycles. The summed E-state index contributed by atoms with van der Waals surface area (Å²) in [4.78, 5) is 17.2. The van der Waals surface area contributed by atoms with E-state index in [4.69, 9.17) is 14.7 Å². The lowest BCUT2D eigenvalue weighted by Crippen LogP contribution is -2.47. The van der Waals surface area contributed by atoms with Crippen LogP contribution in [-0.4, -0.2) is 70.7 Å². The van der Waals surface area contributed by atoms with E-state index in [-0.39, 0.29) is 12.2 Å². The maximum absolute atomic E-state index is 9.25. The molecule has 160 valence electrons. The van der Waals surface area contributed by atoms with Gasteiger partial charge in [-0.05, 0) is 25.3 Å². The Morgan fingerprint density at radius 1 is 1.21 bits per heavy atom. The largest absolute Gasteiger partial charge is 0.395 e. The van der Waals surface area contributed by atoms with Crippen molar-refractivity contribution in [2.24, 2.45) is 0 Å². The smallest absolute Gasteiger partial charge is 0.190 e. The first-order valence-electron chi connectivity index (χ1n) is 10.7. The molecule has 1 atom stereocenters. The van der Waals surface area contributed by atoms with Gasteiger partial charge in [0.1, 0.15) is 10.6 Å². The van der Waals surface area contributed by atoms with Crippen LogP contribution in [0.1, 0.15) is 44.1 Å². The van der Waals surface area contributed by atoms with E-state index < -0.39 is 0 Å². The van der Waals surface area contributed by atoms with Crippen molar-refractivity contribution in [2.75, 3.05) is 50.0 Å². The van der Waals surface area contributed by atoms with Gasteiger partial charge in [-0.1, -0.05) is 25.6 Å². The molecule has 8 heteroatoms. The first-order chi connectivity index (χ1) is 14.1. The van der Waals surface area contributed by atoms with E-state index in [0.717, 1.165) is 73.5 Å². The number of fused-ring (bicyclic) bond motifs is 3. The first-order valence-corrected chi connectivity index (χ1v) is 12.5. The summed E-state index contributed by atoms with van der Waals surface area (Å²) in [5.74, 6) is 2.15. The van der Waals surface area contributed by atoms with Crippen molar-refractivity contribution >= 4 is 39.1 Å². The van der Waals surface area contributed by atoms with Crippen molar-refractivity contribution in [1.29, 1.82) is 0 Å². The van der Waals surface area contributed by atoms with Gasteiger partial charge in [-0.2, -0.15) is 0 Å². The highest BCUT2D eigenvalue weighted by atomic mass is 32.2. The van der Waals surface area contributed by atoms with Crippen LogP contribution < -0.4 is 4.90 Å². The fourth-order valence-corrected chi connectivity index (χ4v) is 5.92. The van der Waals surface area contributed by atoms with Crippen LogP contribution in [0.4, 0.5) is 5.82 Å². The molecule has 2 aliphatic rings. The molecule has 2 aromatic heterocycles. The molecule has 0 amide bonds. The number of nitrogens with zero attached hydrogens (tertiary/aromatic N) is 4. The lowest BCUT2D eigenvalue weighted by Gasteiger charge is -2.36. The van der Waals surface area contributed by atoms with Crippen LogP contribution in [0.5, 0.6) is 0 Å². The number of hydrogen-bond acceptors (Lipinski definition) is 8. The predicted molar refractivity (Wildman–Crippen MR) is 121 cm³/mol. The molecule has 4 heterocycles. The van der Waals surface area contributed by atoms with Gasteiger partial charge in [-0.25, -0.2) is 9.97 Å². The quantitative estimate of drug-likeness (QED) is 0.526. The van der Waals surface area contributed by atoms with Gasteiger partial charge in [0.25, 0.3) is 0 Å². The van der Waals surface area contributed by atoms with Crippen molar-refractivity contribution in [2.45, 2.75) is 57.4 Å². The number of thioether (sulfide) groups is 1. The van der Waals surface area contributed by atoms with Crippen LogP contribution in [0.2, 0.25) is 0 Å². The normalized spacial score (nSPS) is 23.0. The zero-order valence-electron chi connectivity index (χ0n) is 17.7. The number of aliphatic hydroxyl groups is 1. The van der Waals surface area contributed by atoms with Gasteiger partial charge in [0.2, 0.25) is 0 Å². The van der Waals surface area contributed by atoms with Gasteiger partial charge in [0, 0.05) is 49.8 Å². The molecule has 0 spiro atoms. The second-order valence-electron chi connectivity index (χ2n) is 8.18. The van der Waals surface area contributed by atoms with Crippen molar-refractivity contribution < 1.29 is 9.84 Å². The van der Waals surface area contributed by atoms with Crippen LogP contribution in [0, 0.1) is 0 Å². The molecule has 0 radical (unpaired) electrons. The molecule has 0 bridgehead atoms. The molecular weight excluding hydrogens is 404 g/mol. The summed E-state index contributed by atoms with van der Waals surface area (Å²) in [6.45, 7) is 12.1. The van der Waals surface area contributed by atoms with Crippen LogP contribution in [-0.2, 0) is 17.8 Å². The van der Waals surface area contributed by atoms with Gasteiger partial charge in [0.15, 0.2) is 5.16 Å². The fourth-order valence-electron chi connectivity index (χ4n) is 4.07. The Hall–Kier alpha value is -0.930. The van der Waals surface area contributed by atoms with Gasteiger partial charge >= 0.3 is 0 Å². The van der Waals surface area contributed by atoms with Crippen LogP contribution in [0.15, 0.2) is 5.16 Å². The van der Waals surface area contributed by atoms with E-state index >= 15 is 0 Å². The molecule has 1 N–H and O–H groups in total. The molecule has 0 aromatic carbocycles. The summed E-state index contributed by atoms with van der Waals surface area (Å²) < 4.78 is 6.21. The fraction of sp³-hybridized carbons (Fsp3) is 0.714. The highest BCUT2D eigenvalue weighted by molar-refractivity contribution is 7.99. The van der Waals surface area contributed by atoms with Crippen LogP contribution in [0.25, 0.3) is 10.2 Å². The van der Waals surface area contributed by atoms with E-state index in [1.165, 1.54) is 15.8 Å². The minimum atomic E-state index is -0.103. The molecule has 6 nitrogen and oxygen atoms in total. The Kier molecular flexibility index (Phi) is 6.65. The van der Waals surface area contributed by atoms with Gasteiger partial charge < -0.3 is 14.7 Å². The maximum atomic E-state index is 9.25. The molecule has 1 saturated heterocycles. The van der Waals surface area contributed by atoms with Crippen molar-refractivity contribution in [3.63, 3.8) is 0 Å². The number of anilines is 1. The number of piperazine rings is 1. The molecule has 0 aliphatic carbocycles. The van der Waals surface area contributed by atoms with Gasteiger partial charge in [-0.15, -0.1) is 11.3 Å². The summed E-state index contributed by atoms with van der Waals surface area (Å²) in [5.41, 5.74) is 1.30. The molecule has 0 unspecified atom stereocenters. The highest BCUT2D eigenvalue weighted by Crippen LogP contribution is 2.43. The van der Waals surface area contributed by atoms with Crippen molar-refractivity contribution in [3.05, 3.63) is 10.4 Å². The minimum absolute atomic E-state index is 0.103. The van der Waals surface area contributed by atoms with E-state index in [1.54, 1.807) is 23.1 Å². The first kappa shape index (κ1) is 21.3. The molecule has 1 fully saturated rings. The summed E-state index contributed by atoms with van der Waals surface area (Å²) in [5, 5.41) is 11.4. The Balaban J connectivity index is 1.73. The van der Waals surface area contributed by atoms with Gasteiger partial charge in [0.05, 0.1) is 24.2 Å². The molecular formula is C21H32N4O2S2. The molecule has 0 saturated carbocycles. The number of aromatic nitrogens is 2. The predicted octanol–water partition coefficient (Wildman–Crippen LogP) is 3.55. The van der Waals surface area contributed by atoms with Crippen LogP contribution in [0.3, 0.4) is 0 Å². The molecule has 29 heavy (non-hydrogen) atoms. The standard InChI is InChI=1S/C21H32N4O2S2/c1-4-12-28-20-22-18(25-8-6-24(7-9-25)10-11-26)17-15-13-21(3,5-2)27-14-16(15)29-19(17)23-20/h26H,4-14H2,1-3H3/t21-/m0/s1. The summed E-state index contributed by atoms with van der Waals surface area (Å²) in [6, 6.07) is 0. The Bertz CT molecular complexity index is 851. The zero-order chi connectivity index (χ0) is 20.4. The van der Waals surface area contributed by atoms with E-state index in [9.17, 15) is 5.11 Å². The van der Waals surface area contributed by atoms with E-state index in [1.807, 2.05) is 0 Å². The third kappa shape index (κ3) is 4.42. The average molecular weight is 437 g/mol. The Morgan fingerprint density at radius 3 is 2.69 bits per heavy atom. The topological polar surface area (TPSA) is 61.7 Å². The minimum Gasteiger partial charge on any atom is -0.395 e.